The van der Waals surface area contributed by atoms with Crippen LogP contribution in [0.25, 0.3) is 21.7 Å². The molecule has 1 saturated heterocycles. The van der Waals surface area contributed by atoms with E-state index < -0.39 is 0 Å². The summed E-state index contributed by atoms with van der Waals surface area (Å²) in [6, 6.07) is 12.2. The van der Waals surface area contributed by atoms with Crippen molar-refractivity contribution in [3.63, 3.8) is 0 Å². The van der Waals surface area contributed by atoms with Gasteiger partial charge in [-0.3, -0.25) is 14.7 Å². The first-order valence-corrected chi connectivity index (χ1v) is 10.6. The second-order valence-corrected chi connectivity index (χ2v) is 8.06. The maximum absolute atomic E-state index is 14.2. The summed E-state index contributed by atoms with van der Waals surface area (Å²) in [6.07, 6.45) is 1.36. The molecule has 4 aromatic rings. The molecule has 152 valence electrons. The molecule has 0 radical (unpaired) electrons. The van der Waals surface area contributed by atoms with Gasteiger partial charge in [0.2, 0.25) is 0 Å². The van der Waals surface area contributed by atoms with Crippen molar-refractivity contribution in [1.82, 2.24) is 19.9 Å². The Labute approximate surface area is 176 Å². The Bertz CT molecular complexity index is 1240. The van der Waals surface area contributed by atoms with Crippen molar-refractivity contribution >= 4 is 21.6 Å². The van der Waals surface area contributed by atoms with E-state index in [0.717, 1.165) is 12.1 Å². The highest BCUT2D eigenvalue weighted by molar-refractivity contribution is 7.17. The first-order valence-electron chi connectivity index (χ1n) is 9.69. The lowest BCUT2D eigenvalue weighted by molar-refractivity contribution is -0.0343. The fourth-order valence-electron chi connectivity index (χ4n) is 3.72. The van der Waals surface area contributed by atoms with Crippen LogP contribution in [0, 0.1) is 5.82 Å². The van der Waals surface area contributed by atoms with Crippen LogP contribution in [0.1, 0.15) is 17.2 Å². The Morgan fingerprint density at radius 2 is 2.10 bits per heavy atom. The van der Waals surface area contributed by atoms with Crippen LogP contribution in [0.5, 0.6) is 0 Å². The first-order chi connectivity index (χ1) is 14.7. The van der Waals surface area contributed by atoms with Crippen molar-refractivity contribution in [2.45, 2.75) is 12.6 Å². The van der Waals surface area contributed by atoms with E-state index in [1.54, 1.807) is 18.3 Å². The minimum atomic E-state index is -0.315. The number of nitrogens with one attached hydrogen (secondary N) is 1. The fraction of sp³-hybridized carbons (Fsp3) is 0.227. The van der Waals surface area contributed by atoms with Gasteiger partial charge in [0, 0.05) is 37.0 Å². The molecule has 0 amide bonds. The molecule has 6 nitrogen and oxygen atoms in total. The van der Waals surface area contributed by atoms with Crippen LogP contribution in [0.4, 0.5) is 4.39 Å². The standard InChI is InChI=1S/C22H19FN4O2S/c23-16-6-2-1-5-15(16)18-12-27(9-10-29-18)11-14-13-30-20-19(14)25-21(26-22(20)28)17-7-3-4-8-24-17/h1-8,13,18H,9-12H2,(H,25,26,28). The molecule has 4 heterocycles. The Morgan fingerprint density at radius 1 is 1.23 bits per heavy atom. The molecule has 3 aromatic heterocycles. The molecule has 1 aromatic carbocycles. The van der Waals surface area contributed by atoms with Crippen molar-refractivity contribution in [3.8, 4) is 11.5 Å². The van der Waals surface area contributed by atoms with Crippen molar-refractivity contribution < 1.29 is 9.13 Å². The zero-order chi connectivity index (χ0) is 20.5. The summed E-state index contributed by atoms with van der Waals surface area (Å²) in [6.45, 7) is 2.45. The van der Waals surface area contributed by atoms with Gasteiger partial charge in [0.15, 0.2) is 5.82 Å². The van der Waals surface area contributed by atoms with Crippen LogP contribution in [0.15, 0.2) is 58.8 Å². The molecule has 0 aliphatic carbocycles. The smallest absolute Gasteiger partial charge is 0.269 e. The zero-order valence-electron chi connectivity index (χ0n) is 16.0. The number of fused-ring (bicyclic) bond motifs is 1. The van der Waals surface area contributed by atoms with E-state index in [1.807, 2.05) is 29.6 Å². The second kappa shape index (κ2) is 8.06. The molecule has 1 N–H and O–H groups in total. The third-order valence-corrected chi connectivity index (χ3v) is 6.22. The van der Waals surface area contributed by atoms with Crippen LogP contribution in [-0.4, -0.2) is 39.5 Å². The van der Waals surface area contributed by atoms with Gasteiger partial charge in [-0.25, -0.2) is 9.37 Å². The number of nitrogens with zero attached hydrogens (tertiary/aromatic N) is 3. The van der Waals surface area contributed by atoms with E-state index in [2.05, 4.69) is 14.9 Å². The number of H-pyrrole nitrogens is 1. The Hall–Kier alpha value is -2.94. The van der Waals surface area contributed by atoms with Gasteiger partial charge < -0.3 is 9.72 Å². The number of aromatic nitrogens is 3. The first kappa shape index (κ1) is 19.0. The number of rotatable bonds is 4. The average Bonchev–Trinajstić information content (AvgIpc) is 3.18. The highest BCUT2D eigenvalue weighted by Crippen LogP contribution is 2.28. The molecule has 0 spiro atoms. The monoisotopic (exact) mass is 422 g/mol. The third-order valence-electron chi connectivity index (χ3n) is 5.20. The van der Waals surface area contributed by atoms with E-state index >= 15 is 0 Å². The molecular weight excluding hydrogens is 403 g/mol. The van der Waals surface area contributed by atoms with Gasteiger partial charge in [-0.15, -0.1) is 11.3 Å². The maximum Gasteiger partial charge on any atom is 0.269 e. The summed E-state index contributed by atoms with van der Waals surface area (Å²) in [4.78, 5) is 26.6. The van der Waals surface area contributed by atoms with Crippen LogP contribution in [-0.2, 0) is 11.3 Å². The van der Waals surface area contributed by atoms with E-state index in [0.29, 0.717) is 47.0 Å². The lowest BCUT2D eigenvalue weighted by atomic mass is 10.1. The highest BCUT2D eigenvalue weighted by Gasteiger charge is 2.25. The van der Waals surface area contributed by atoms with Gasteiger partial charge in [0.25, 0.3) is 5.56 Å². The number of morpholine rings is 1. The molecule has 1 unspecified atom stereocenters. The number of halogens is 1. The normalized spacial score (nSPS) is 17.4. The Kier molecular flexibility index (Phi) is 5.12. The predicted molar refractivity (Wildman–Crippen MR) is 114 cm³/mol. The van der Waals surface area contributed by atoms with Crippen molar-refractivity contribution in [2.75, 3.05) is 19.7 Å². The molecule has 0 bridgehead atoms. The van der Waals surface area contributed by atoms with Gasteiger partial charge in [-0.2, -0.15) is 0 Å². The van der Waals surface area contributed by atoms with Crippen molar-refractivity contribution in [1.29, 1.82) is 0 Å². The third kappa shape index (κ3) is 3.65. The minimum Gasteiger partial charge on any atom is -0.371 e. The molecule has 1 aliphatic heterocycles. The molecule has 30 heavy (non-hydrogen) atoms. The SMILES string of the molecule is O=c1[nH]c(-c2ccccn2)nc2c(CN3CCOC(c4ccccc4F)C3)csc12. The molecule has 1 aliphatic rings. The number of hydrogen-bond acceptors (Lipinski definition) is 6. The molecule has 1 atom stereocenters. The van der Waals surface area contributed by atoms with E-state index in [9.17, 15) is 9.18 Å². The maximum atomic E-state index is 14.2. The van der Waals surface area contributed by atoms with E-state index in [1.165, 1.54) is 17.4 Å². The van der Waals surface area contributed by atoms with Crippen LogP contribution < -0.4 is 5.56 Å². The summed E-state index contributed by atoms with van der Waals surface area (Å²) >= 11 is 1.39. The molecule has 1 fully saturated rings. The summed E-state index contributed by atoms with van der Waals surface area (Å²) in [7, 11) is 0. The summed E-state index contributed by atoms with van der Waals surface area (Å²) in [5.74, 6) is 0.206. The summed E-state index contributed by atoms with van der Waals surface area (Å²) < 4.78 is 20.6. The zero-order valence-corrected chi connectivity index (χ0v) is 16.9. The average molecular weight is 422 g/mol. The molecule has 0 saturated carbocycles. The fourth-order valence-corrected chi connectivity index (χ4v) is 4.62. The van der Waals surface area contributed by atoms with Gasteiger partial charge in [0.1, 0.15) is 16.2 Å². The molecular formula is C22H19FN4O2S. The number of hydrogen-bond donors (Lipinski definition) is 1. The Balaban J connectivity index is 1.43. The lowest BCUT2D eigenvalue weighted by Gasteiger charge is -2.33. The number of benzene rings is 1. The van der Waals surface area contributed by atoms with Gasteiger partial charge in [0.05, 0.1) is 18.2 Å². The lowest BCUT2D eigenvalue weighted by Crippen LogP contribution is -2.38. The van der Waals surface area contributed by atoms with E-state index in [-0.39, 0.29) is 17.5 Å². The summed E-state index contributed by atoms with van der Waals surface area (Å²) in [5, 5.41) is 1.97. The largest absolute Gasteiger partial charge is 0.371 e. The van der Waals surface area contributed by atoms with Gasteiger partial charge in [-0.1, -0.05) is 24.3 Å². The predicted octanol–water partition coefficient (Wildman–Crippen LogP) is 3.76. The number of ether oxygens (including phenoxy) is 1. The topological polar surface area (TPSA) is 71.1 Å². The van der Waals surface area contributed by atoms with Crippen LogP contribution in [0.3, 0.4) is 0 Å². The van der Waals surface area contributed by atoms with Crippen LogP contribution in [0.2, 0.25) is 0 Å². The number of aromatic amines is 1. The number of pyridine rings is 1. The highest BCUT2D eigenvalue weighted by atomic mass is 32.1. The molecule has 8 heteroatoms. The van der Waals surface area contributed by atoms with Gasteiger partial charge in [-0.05, 0) is 23.6 Å². The molecule has 5 rings (SSSR count). The Morgan fingerprint density at radius 3 is 2.93 bits per heavy atom. The van der Waals surface area contributed by atoms with Crippen molar-refractivity contribution in [3.05, 3.63) is 81.3 Å². The van der Waals surface area contributed by atoms with Gasteiger partial charge >= 0.3 is 0 Å². The summed E-state index contributed by atoms with van der Waals surface area (Å²) in [5.41, 5.74) is 2.71. The van der Waals surface area contributed by atoms with Crippen molar-refractivity contribution in [2.24, 2.45) is 0 Å². The minimum absolute atomic E-state index is 0.164. The second-order valence-electron chi connectivity index (χ2n) is 7.18. The number of thiophene rings is 1. The quantitative estimate of drug-likeness (QED) is 0.542. The van der Waals surface area contributed by atoms with Crippen LogP contribution >= 0.6 is 11.3 Å². The van der Waals surface area contributed by atoms with E-state index in [4.69, 9.17) is 9.72 Å².